The minimum Gasteiger partial charge on any atom is -0.760 e. The van der Waals surface area contributed by atoms with Crippen molar-refractivity contribution in [3.63, 3.8) is 0 Å². The van der Waals surface area contributed by atoms with E-state index in [0.717, 1.165) is 52.2 Å². The number of aromatic nitrogens is 4. The van der Waals surface area contributed by atoms with E-state index in [2.05, 4.69) is 36.3 Å². The lowest BCUT2D eigenvalue weighted by Crippen LogP contribution is -2.18. The fourth-order valence-electron chi connectivity index (χ4n) is 3.40. The van der Waals surface area contributed by atoms with Crippen LogP contribution in [0.5, 0.6) is 0 Å². The van der Waals surface area contributed by atoms with Crippen molar-refractivity contribution in [2.75, 3.05) is 23.8 Å². The van der Waals surface area contributed by atoms with Gasteiger partial charge in [-0.25, -0.2) is 9.71 Å². The van der Waals surface area contributed by atoms with E-state index in [1.165, 1.54) is 0 Å². The second kappa shape index (κ2) is 9.86. The number of nitrogens with zero attached hydrogens (tertiary/aromatic N) is 4. The van der Waals surface area contributed by atoms with Gasteiger partial charge in [-0.1, -0.05) is 12.1 Å². The number of aryl methyl sites for hydroxylation is 2. The van der Waals surface area contributed by atoms with Gasteiger partial charge in [0.2, 0.25) is 5.95 Å². The Morgan fingerprint density at radius 1 is 1.16 bits per heavy atom. The maximum Gasteiger partial charge on any atom is 0.229 e. The standard InChI is InChI=1S/C22H25N7O2S/c1-15-19-10-9-18(14-20(19)28-27-15)29(2)21-11-13-23-22(26-21)25-17-7-5-16(6-8-17)4-3-12-24-32(30)31/h5-11,13-14,24H,3-4,12H2,1-2H3,(H,27,28)(H,30,31)(H,23,25,26)/p-1. The summed E-state index contributed by atoms with van der Waals surface area (Å²) in [4.78, 5) is 11.0. The molecule has 9 nitrogen and oxygen atoms in total. The number of hydrogen-bond acceptors (Lipinski definition) is 7. The maximum atomic E-state index is 10.5. The molecule has 4 aromatic rings. The number of fused-ring (bicyclic) bond motifs is 1. The first kappa shape index (κ1) is 21.9. The highest BCUT2D eigenvalue weighted by atomic mass is 32.2. The van der Waals surface area contributed by atoms with Gasteiger partial charge < -0.3 is 14.8 Å². The third kappa shape index (κ3) is 5.28. The van der Waals surface area contributed by atoms with Gasteiger partial charge in [-0.2, -0.15) is 10.1 Å². The zero-order chi connectivity index (χ0) is 22.5. The van der Waals surface area contributed by atoms with Crippen LogP contribution >= 0.6 is 0 Å². The molecule has 0 aliphatic heterocycles. The third-order valence-corrected chi connectivity index (χ3v) is 5.61. The normalized spacial score (nSPS) is 12.1. The topological polar surface area (TPSA) is 122 Å². The summed E-state index contributed by atoms with van der Waals surface area (Å²) < 4.78 is 23.4. The van der Waals surface area contributed by atoms with Gasteiger partial charge in [-0.05, 0) is 61.7 Å². The van der Waals surface area contributed by atoms with Gasteiger partial charge in [0.25, 0.3) is 0 Å². The Morgan fingerprint density at radius 2 is 1.97 bits per heavy atom. The van der Waals surface area contributed by atoms with Crippen molar-refractivity contribution in [3.05, 3.63) is 66.0 Å². The number of aromatic amines is 1. The first-order valence-electron chi connectivity index (χ1n) is 10.2. The van der Waals surface area contributed by atoms with Crippen LogP contribution < -0.4 is 14.9 Å². The Kier molecular flexibility index (Phi) is 6.74. The van der Waals surface area contributed by atoms with Crippen molar-refractivity contribution in [1.82, 2.24) is 24.9 Å². The van der Waals surface area contributed by atoms with Crippen LogP contribution in [0.2, 0.25) is 0 Å². The summed E-state index contributed by atoms with van der Waals surface area (Å²) in [6, 6.07) is 15.9. The molecule has 0 bridgehead atoms. The largest absolute Gasteiger partial charge is 0.760 e. The average molecular weight is 451 g/mol. The van der Waals surface area contributed by atoms with E-state index < -0.39 is 11.3 Å². The molecule has 32 heavy (non-hydrogen) atoms. The van der Waals surface area contributed by atoms with Gasteiger partial charge >= 0.3 is 0 Å². The van der Waals surface area contributed by atoms with Gasteiger partial charge in [-0.15, -0.1) is 0 Å². The van der Waals surface area contributed by atoms with Gasteiger partial charge in [-0.3, -0.25) is 9.31 Å². The summed E-state index contributed by atoms with van der Waals surface area (Å²) in [5, 5.41) is 11.7. The molecule has 0 fully saturated rings. The molecule has 2 heterocycles. The van der Waals surface area contributed by atoms with Crippen LogP contribution in [0.25, 0.3) is 10.9 Å². The predicted octanol–water partition coefficient (Wildman–Crippen LogP) is 3.49. The highest BCUT2D eigenvalue weighted by Crippen LogP contribution is 2.27. The Bertz CT molecular complexity index is 1230. The second-order valence-corrected chi connectivity index (χ2v) is 8.16. The fourth-order valence-corrected chi connectivity index (χ4v) is 3.71. The zero-order valence-corrected chi connectivity index (χ0v) is 18.6. The SMILES string of the molecule is Cc1[nH]nc2cc(N(C)c3ccnc(Nc4ccc(CCCNS(=O)[O-])cc4)n3)ccc12. The average Bonchev–Trinajstić information content (AvgIpc) is 3.17. The highest BCUT2D eigenvalue weighted by molar-refractivity contribution is 7.77. The highest BCUT2D eigenvalue weighted by Gasteiger charge is 2.10. The molecule has 0 amide bonds. The second-order valence-electron chi connectivity index (χ2n) is 7.40. The van der Waals surface area contributed by atoms with Crippen LogP contribution in [0.4, 0.5) is 23.1 Å². The molecule has 2 aromatic heterocycles. The van der Waals surface area contributed by atoms with Crippen molar-refractivity contribution < 1.29 is 8.76 Å². The minimum atomic E-state index is -2.20. The van der Waals surface area contributed by atoms with Gasteiger partial charge in [0.15, 0.2) is 0 Å². The van der Waals surface area contributed by atoms with Gasteiger partial charge in [0.1, 0.15) is 5.82 Å². The molecular weight excluding hydrogens is 426 g/mol. The number of benzene rings is 2. The van der Waals surface area contributed by atoms with Crippen molar-refractivity contribution >= 4 is 45.3 Å². The van der Waals surface area contributed by atoms with Crippen LogP contribution in [-0.4, -0.2) is 42.5 Å². The molecule has 3 N–H and O–H groups in total. The number of hydrogen-bond donors (Lipinski definition) is 3. The van der Waals surface area contributed by atoms with E-state index in [0.29, 0.717) is 12.5 Å². The van der Waals surface area contributed by atoms with Crippen molar-refractivity contribution in [3.8, 4) is 0 Å². The van der Waals surface area contributed by atoms with E-state index in [-0.39, 0.29) is 0 Å². The van der Waals surface area contributed by atoms with E-state index >= 15 is 0 Å². The molecule has 166 valence electrons. The third-order valence-electron chi connectivity index (χ3n) is 5.17. The molecule has 1 atom stereocenters. The molecule has 0 aliphatic carbocycles. The fraction of sp³-hybridized carbons (Fsp3) is 0.227. The van der Waals surface area contributed by atoms with Gasteiger partial charge in [0, 0.05) is 53.5 Å². The Hall–Kier alpha value is -3.34. The molecule has 0 aliphatic rings. The van der Waals surface area contributed by atoms with Crippen LogP contribution in [-0.2, 0) is 17.7 Å². The molecule has 0 saturated heterocycles. The summed E-state index contributed by atoms with van der Waals surface area (Å²) >= 11 is -2.20. The summed E-state index contributed by atoms with van der Waals surface area (Å²) in [6.45, 7) is 2.43. The lowest BCUT2D eigenvalue weighted by molar-refractivity contribution is 0.521. The molecule has 4 rings (SSSR count). The number of anilines is 4. The number of H-pyrrole nitrogens is 1. The molecule has 10 heteroatoms. The minimum absolute atomic E-state index is 0.428. The summed E-state index contributed by atoms with van der Waals surface area (Å²) in [5.74, 6) is 1.26. The number of rotatable bonds is 9. The van der Waals surface area contributed by atoms with Crippen LogP contribution in [0.3, 0.4) is 0 Å². The van der Waals surface area contributed by atoms with Crippen LogP contribution in [0.15, 0.2) is 54.7 Å². The maximum absolute atomic E-state index is 10.5. The lowest BCUT2D eigenvalue weighted by atomic mass is 10.1. The van der Waals surface area contributed by atoms with E-state index in [4.69, 9.17) is 0 Å². The Labute approximate surface area is 188 Å². The Balaban J connectivity index is 1.41. The first-order chi connectivity index (χ1) is 15.5. The lowest BCUT2D eigenvalue weighted by Gasteiger charge is -2.19. The molecule has 2 aromatic carbocycles. The van der Waals surface area contributed by atoms with Crippen molar-refractivity contribution in [1.29, 1.82) is 0 Å². The van der Waals surface area contributed by atoms with Crippen LogP contribution in [0, 0.1) is 6.92 Å². The molecule has 0 radical (unpaired) electrons. The van der Waals surface area contributed by atoms with Crippen LogP contribution in [0.1, 0.15) is 17.7 Å². The molecule has 0 saturated carbocycles. The zero-order valence-electron chi connectivity index (χ0n) is 17.8. The van der Waals surface area contributed by atoms with E-state index in [9.17, 15) is 8.76 Å². The summed E-state index contributed by atoms with van der Waals surface area (Å²) in [7, 11) is 1.96. The quantitative estimate of drug-likeness (QED) is 0.263. The predicted molar refractivity (Wildman–Crippen MR) is 126 cm³/mol. The van der Waals surface area contributed by atoms with Crippen molar-refractivity contribution in [2.45, 2.75) is 19.8 Å². The molecule has 0 spiro atoms. The van der Waals surface area contributed by atoms with Crippen molar-refractivity contribution in [2.24, 2.45) is 0 Å². The van der Waals surface area contributed by atoms with Gasteiger partial charge in [0.05, 0.1) is 5.52 Å². The number of nitrogens with one attached hydrogen (secondary N) is 3. The van der Waals surface area contributed by atoms with E-state index in [1.807, 2.05) is 61.3 Å². The summed E-state index contributed by atoms with van der Waals surface area (Å²) in [6.07, 6.45) is 3.25. The Morgan fingerprint density at radius 3 is 2.75 bits per heavy atom. The van der Waals surface area contributed by atoms with E-state index in [1.54, 1.807) is 6.20 Å². The first-order valence-corrected chi connectivity index (χ1v) is 11.3. The monoisotopic (exact) mass is 450 g/mol. The molecule has 1 unspecified atom stereocenters. The molecular formula is C22H24N7O2S-. The smallest absolute Gasteiger partial charge is 0.229 e. The summed E-state index contributed by atoms with van der Waals surface area (Å²) in [5.41, 5.74) is 4.95.